The predicted octanol–water partition coefficient (Wildman–Crippen LogP) is 2.98. The Kier molecular flexibility index (Phi) is 1.90. The van der Waals surface area contributed by atoms with Gasteiger partial charge in [-0.1, -0.05) is 11.6 Å². The second-order valence-electron chi connectivity index (χ2n) is 4.87. The van der Waals surface area contributed by atoms with E-state index in [0.29, 0.717) is 5.41 Å². The highest BCUT2D eigenvalue weighted by molar-refractivity contribution is 6.31. The van der Waals surface area contributed by atoms with E-state index in [1.807, 2.05) is 12.1 Å². The van der Waals surface area contributed by atoms with Crippen molar-refractivity contribution in [2.24, 2.45) is 5.41 Å². The Labute approximate surface area is 95.2 Å². The number of benzene rings is 1. The van der Waals surface area contributed by atoms with Gasteiger partial charge in [0.15, 0.2) is 0 Å². The Bertz CT molecular complexity index is 399. The van der Waals surface area contributed by atoms with Gasteiger partial charge in [-0.05, 0) is 31.0 Å². The van der Waals surface area contributed by atoms with E-state index < -0.39 is 0 Å². The maximum atomic E-state index is 6.03. The average molecular weight is 223 g/mol. The van der Waals surface area contributed by atoms with Crippen LogP contribution >= 0.6 is 11.6 Å². The van der Waals surface area contributed by atoms with Gasteiger partial charge < -0.3 is 10.2 Å². The second-order valence-corrected chi connectivity index (χ2v) is 5.31. The zero-order chi connectivity index (χ0) is 10.5. The minimum absolute atomic E-state index is 0.528. The molecule has 3 rings (SSSR count). The van der Waals surface area contributed by atoms with Crippen LogP contribution in [-0.4, -0.2) is 20.1 Å². The second kappa shape index (κ2) is 3.05. The Hall–Kier alpha value is -0.890. The minimum atomic E-state index is 0.528. The van der Waals surface area contributed by atoms with E-state index in [1.54, 1.807) is 0 Å². The van der Waals surface area contributed by atoms with Gasteiger partial charge in [-0.15, -0.1) is 0 Å². The monoisotopic (exact) mass is 222 g/mol. The number of nitrogens with one attached hydrogen (secondary N) is 1. The van der Waals surface area contributed by atoms with Crippen LogP contribution in [0.4, 0.5) is 11.4 Å². The number of rotatable bonds is 0. The first-order valence-electron chi connectivity index (χ1n) is 5.43. The third-order valence-corrected chi connectivity index (χ3v) is 3.79. The van der Waals surface area contributed by atoms with Crippen LogP contribution in [-0.2, 0) is 0 Å². The van der Waals surface area contributed by atoms with Crippen molar-refractivity contribution in [3.63, 3.8) is 0 Å². The zero-order valence-electron chi connectivity index (χ0n) is 8.89. The molecular formula is C12H15ClN2. The summed E-state index contributed by atoms with van der Waals surface area (Å²) in [5, 5.41) is 4.35. The molecule has 0 aromatic heterocycles. The topological polar surface area (TPSA) is 15.3 Å². The van der Waals surface area contributed by atoms with Crippen molar-refractivity contribution in [2.75, 3.05) is 30.4 Å². The van der Waals surface area contributed by atoms with Crippen LogP contribution in [0.15, 0.2) is 18.2 Å². The van der Waals surface area contributed by atoms with Gasteiger partial charge in [-0.25, -0.2) is 0 Å². The fourth-order valence-electron chi connectivity index (χ4n) is 2.41. The molecule has 1 aliphatic carbocycles. The molecule has 0 radical (unpaired) electrons. The number of halogens is 1. The fraction of sp³-hybridized carbons (Fsp3) is 0.500. The summed E-state index contributed by atoms with van der Waals surface area (Å²) in [7, 11) is 2.15. The summed E-state index contributed by atoms with van der Waals surface area (Å²) in [5.74, 6) is 0. The lowest BCUT2D eigenvalue weighted by Crippen LogP contribution is -2.27. The van der Waals surface area contributed by atoms with Crippen LogP contribution < -0.4 is 10.2 Å². The van der Waals surface area contributed by atoms with Crippen LogP contribution in [0.1, 0.15) is 12.8 Å². The molecule has 80 valence electrons. The van der Waals surface area contributed by atoms with E-state index >= 15 is 0 Å². The average Bonchev–Trinajstić information content (AvgIpc) is 2.97. The number of hydrogen-bond donors (Lipinski definition) is 1. The van der Waals surface area contributed by atoms with Crippen molar-refractivity contribution in [2.45, 2.75) is 12.8 Å². The summed E-state index contributed by atoms with van der Waals surface area (Å²) in [6.45, 7) is 2.25. The van der Waals surface area contributed by atoms with Gasteiger partial charge in [-0.3, -0.25) is 0 Å². The summed E-state index contributed by atoms with van der Waals surface area (Å²) in [5.41, 5.74) is 2.97. The Morgan fingerprint density at radius 1 is 1.40 bits per heavy atom. The summed E-state index contributed by atoms with van der Waals surface area (Å²) < 4.78 is 0. The van der Waals surface area contributed by atoms with Crippen molar-refractivity contribution >= 4 is 23.0 Å². The van der Waals surface area contributed by atoms with E-state index in [9.17, 15) is 0 Å². The first-order chi connectivity index (χ1) is 7.19. The summed E-state index contributed by atoms with van der Waals surface area (Å²) in [4.78, 5) is 2.33. The molecule has 2 nitrogen and oxygen atoms in total. The van der Waals surface area contributed by atoms with E-state index in [2.05, 4.69) is 23.3 Å². The smallest absolute Gasteiger partial charge is 0.0614 e. The highest BCUT2D eigenvalue weighted by Crippen LogP contribution is 2.49. The van der Waals surface area contributed by atoms with Gasteiger partial charge in [-0.2, -0.15) is 0 Å². The third kappa shape index (κ3) is 1.57. The van der Waals surface area contributed by atoms with Crippen LogP contribution in [0, 0.1) is 5.41 Å². The minimum Gasteiger partial charge on any atom is -0.383 e. The van der Waals surface area contributed by atoms with E-state index in [1.165, 1.54) is 24.2 Å². The molecule has 1 aliphatic heterocycles. The first-order valence-corrected chi connectivity index (χ1v) is 5.81. The summed E-state index contributed by atoms with van der Waals surface area (Å²) in [6.07, 6.45) is 2.71. The summed E-state index contributed by atoms with van der Waals surface area (Å²) in [6, 6.07) is 6.08. The van der Waals surface area contributed by atoms with Crippen molar-refractivity contribution in [1.29, 1.82) is 0 Å². The molecule has 0 unspecified atom stereocenters. The molecule has 1 aromatic rings. The van der Waals surface area contributed by atoms with E-state index in [0.717, 1.165) is 18.1 Å². The molecule has 1 heterocycles. The maximum Gasteiger partial charge on any atom is 0.0614 e. The van der Waals surface area contributed by atoms with Gasteiger partial charge in [0.25, 0.3) is 0 Å². The van der Waals surface area contributed by atoms with Crippen LogP contribution in [0.5, 0.6) is 0 Å². The Balaban J connectivity index is 2.00. The highest BCUT2D eigenvalue weighted by atomic mass is 35.5. The van der Waals surface area contributed by atoms with Crippen molar-refractivity contribution < 1.29 is 0 Å². The largest absolute Gasteiger partial charge is 0.383 e. The molecule has 0 amide bonds. The molecule has 0 saturated heterocycles. The molecule has 2 aliphatic rings. The molecular weight excluding hydrogens is 208 g/mol. The quantitative estimate of drug-likeness (QED) is 0.726. The molecule has 1 N–H and O–H groups in total. The molecule has 0 atom stereocenters. The predicted molar refractivity (Wildman–Crippen MR) is 64.9 cm³/mol. The van der Waals surface area contributed by atoms with Crippen LogP contribution in [0.3, 0.4) is 0 Å². The number of hydrogen-bond acceptors (Lipinski definition) is 2. The third-order valence-electron chi connectivity index (χ3n) is 3.55. The summed E-state index contributed by atoms with van der Waals surface area (Å²) >= 11 is 6.03. The fourth-order valence-corrected chi connectivity index (χ4v) is 2.58. The van der Waals surface area contributed by atoms with Crippen LogP contribution in [0.2, 0.25) is 5.02 Å². The number of anilines is 2. The van der Waals surface area contributed by atoms with Crippen molar-refractivity contribution in [3.05, 3.63) is 23.2 Å². The van der Waals surface area contributed by atoms with Gasteiger partial charge >= 0.3 is 0 Å². The van der Waals surface area contributed by atoms with Gasteiger partial charge in [0.05, 0.1) is 11.4 Å². The Morgan fingerprint density at radius 3 is 2.93 bits per heavy atom. The van der Waals surface area contributed by atoms with Crippen LogP contribution in [0.25, 0.3) is 0 Å². The van der Waals surface area contributed by atoms with Crippen molar-refractivity contribution in [3.8, 4) is 0 Å². The van der Waals surface area contributed by atoms with Crippen molar-refractivity contribution in [1.82, 2.24) is 0 Å². The lowest BCUT2D eigenvalue weighted by Gasteiger charge is -2.21. The zero-order valence-corrected chi connectivity index (χ0v) is 9.64. The lowest BCUT2D eigenvalue weighted by molar-refractivity contribution is 0.548. The molecule has 1 saturated carbocycles. The van der Waals surface area contributed by atoms with Gasteiger partial charge in [0.2, 0.25) is 0 Å². The normalized spacial score (nSPS) is 21.9. The molecule has 15 heavy (non-hydrogen) atoms. The Morgan fingerprint density at radius 2 is 2.20 bits per heavy atom. The molecule has 1 aromatic carbocycles. The molecule has 1 fully saturated rings. The number of nitrogens with zero attached hydrogens (tertiary/aromatic N) is 1. The van der Waals surface area contributed by atoms with Gasteiger partial charge in [0, 0.05) is 30.6 Å². The van der Waals surface area contributed by atoms with E-state index in [-0.39, 0.29) is 0 Å². The molecule has 0 bridgehead atoms. The van der Waals surface area contributed by atoms with E-state index in [4.69, 9.17) is 11.6 Å². The first kappa shape index (κ1) is 9.34. The SMILES string of the molecule is CN1CC2(CC2)CNc2ccc(Cl)cc21. The molecule has 3 heteroatoms. The lowest BCUT2D eigenvalue weighted by atomic mass is 10.1. The maximum absolute atomic E-state index is 6.03. The standard InChI is InChI=1S/C12H15ClN2/c1-15-8-12(4-5-12)7-14-10-3-2-9(13)6-11(10)15/h2-3,6,14H,4-5,7-8H2,1H3. The molecule has 1 spiro atoms. The van der Waals surface area contributed by atoms with Gasteiger partial charge in [0.1, 0.15) is 0 Å². The number of fused-ring (bicyclic) bond motifs is 1. The highest BCUT2D eigenvalue weighted by Gasteiger charge is 2.44.